The molecule has 3 heteroatoms. The van der Waals surface area contributed by atoms with Crippen LogP contribution in [0.1, 0.15) is 18.9 Å². The molecule has 0 radical (unpaired) electrons. The minimum absolute atomic E-state index is 0.261. The lowest BCUT2D eigenvalue weighted by Crippen LogP contribution is -2.55. The van der Waals surface area contributed by atoms with Crippen molar-refractivity contribution in [3.05, 3.63) is 23.8 Å². The van der Waals surface area contributed by atoms with E-state index >= 15 is 0 Å². The number of fused-ring (bicyclic) bond motifs is 3. The highest BCUT2D eigenvalue weighted by Crippen LogP contribution is 2.52. The Hall–Kier alpha value is -1.22. The van der Waals surface area contributed by atoms with Crippen molar-refractivity contribution in [2.45, 2.75) is 24.8 Å². The maximum absolute atomic E-state index is 5.80. The topological polar surface area (TPSA) is 24.5 Å². The number of hydrogen-bond acceptors (Lipinski definition) is 3. The summed E-state index contributed by atoms with van der Waals surface area (Å²) < 4.78 is 5.80. The van der Waals surface area contributed by atoms with Crippen molar-refractivity contribution in [3.63, 3.8) is 0 Å². The van der Waals surface area contributed by atoms with Crippen molar-refractivity contribution in [1.82, 2.24) is 5.32 Å². The molecule has 3 aliphatic heterocycles. The van der Waals surface area contributed by atoms with Gasteiger partial charge in [-0.3, -0.25) is 0 Å². The van der Waals surface area contributed by atoms with Gasteiger partial charge in [0.05, 0.1) is 12.2 Å². The molecular weight excluding hydrogens is 212 g/mol. The van der Waals surface area contributed by atoms with E-state index in [2.05, 4.69) is 35.3 Å². The van der Waals surface area contributed by atoms with E-state index < -0.39 is 0 Å². The molecule has 0 saturated carbocycles. The predicted octanol–water partition coefficient (Wildman–Crippen LogP) is 1.52. The summed E-state index contributed by atoms with van der Waals surface area (Å²) in [5.41, 5.74) is 3.11. The van der Waals surface area contributed by atoms with Crippen molar-refractivity contribution in [2.75, 3.05) is 31.1 Å². The molecular formula is C14H18N2O. The second-order valence-electron chi connectivity index (χ2n) is 5.59. The predicted molar refractivity (Wildman–Crippen MR) is 67.9 cm³/mol. The first-order valence-electron chi connectivity index (χ1n) is 6.54. The fourth-order valence-corrected chi connectivity index (χ4v) is 3.87. The summed E-state index contributed by atoms with van der Waals surface area (Å²) in [6.45, 7) is 6.50. The number of piperidine rings is 1. The van der Waals surface area contributed by atoms with Gasteiger partial charge in [-0.15, -0.1) is 0 Å². The first-order valence-corrected chi connectivity index (χ1v) is 6.54. The van der Waals surface area contributed by atoms with Crippen molar-refractivity contribution < 1.29 is 4.74 Å². The number of rotatable bonds is 0. The average Bonchev–Trinajstić information content (AvgIpc) is 2.63. The molecule has 4 rings (SSSR count). The molecule has 90 valence electrons. The van der Waals surface area contributed by atoms with Gasteiger partial charge in [0.25, 0.3) is 0 Å². The van der Waals surface area contributed by atoms with E-state index in [9.17, 15) is 0 Å². The van der Waals surface area contributed by atoms with E-state index in [0.29, 0.717) is 6.04 Å². The van der Waals surface area contributed by atoms with Gasteiger partial charge in [-0.25, -0.2) is 0 Å². The molecule has 0 aliphatic carbocycles. The van der Waals surface area contributed by atoms with Gasteiger partial charge < -0.3 is 15.0 Å². The van der Waals surface area contributed by atoms with Crippen molar-refractivity contribution >= 4 is 5.69 Å². The summed E-state index contributed by atoms with van der Waals surface area (Å²) in [6, 6.07) is 7.19. The third-order valence-corrected chi connectivity index (χ3v) is 4.69. The van der Waals surface area contributed by atoms with Crippen LogP contribution in [0.25, 0.3) is 0 Å². The molecule has 1 N–H and O–H groups in total. The minimum atomic E-state index is 0.261. The van der Waals surface area contributed by atoms with Gasteiger partial charge in [-0.05, 0) is 24.6 Å². The summed E-state index contributed by atoms with van der Waals surface area (Å²) >= 11 is 0. The maximum Gasteiger partial charge on any atom is 0.143 e. The zero-order valence-electron chi connectivity index (χ0n) is 10.2. The largest absolute Gasteiger partial charge is 0.490 e. The van der Waals surface area contributed by atoms with Crippen LogP contribution in [0.15, 0.2) is 18.2 Å². The maximum atomic E-state index is 5.80. The SMILES string of the molecule is C[C@@]12CNCC[C@@H]1N1CCOc3cccc2c31. The van der Waals surface area contributed by atoms with Crippen molar-refractivity contribution in [3.8, 4) is 5.75 Å². The van der Waals surface area contributed by atoms with Crippen molar-refractivity contribution in [1.29, 1.82) is 0 Å². The standard InChI is InChI=1S/C14H18N2O/c1-14-9-15-6-5-12(14)16-7-8-17-11-4-2-3-10(14)13(11)16/h2-4,12,15H,5-9H2,1H3/t12-,14-/m0/s1. The molecule has 2 atom stereocenters. The molecule has 1 fully saturated rings. The van der Waals surface area contributed by atoms with Crippen molar-refractivity contribution in [2.24, 2.45) is 0 Å². The van der Waals surface area contributed by atoms with Crippen LogP contribution in [0.2, 0.25) is 0 Å². The number of para-hydroxylation sites is 1. The quantitative estimate of drug-likeness (QED) is 0.731. The summed E-state index contributed by atoms with van der Waals surface area (Å²) in [5, 5.41) is 3.55. The number of hydrogen-bond donors (Lipinski definition) is 1. The van der Waals surface area contributed by atoms with E-state index in [4.69, 9.17) is 4.74 Å². The van der Waals surface area contributed by atoms with E-state index in [1.54, 1.807) is 0 Å². The van der Waals surface area contributed by atoms with Gasteiger partial charge in [0.1, 0.15) is 12.4 Å². The Morgan fingerprint density at radius 2 is 2.41 bits per heavy atom. The Labute approximate surface area is 102 Å². The van der Waals surface area contributed by atoms with Crippen LogP contribution in [0.3, 0.4) is 0 Å². The normalized spacial score (nSPS) is 33.9. The highest BCUT2D eigenvalue weighted by Gasteiger charge is 2.50. The second-order valence-corrected chi connectivity index (χ2v) is 5.59. The van der Waals surface area contributed by atoms with E-state index in [0.717, 1.165) is 32.0 Å². The summed E-state index contributed by atoms with van der Waals surface area (Å²) in [6.07, 6.45) is 1.24. The summed E-state index contributed by atoms with van der Waals surface area (Å²) in [7, 11) is 0. The molecule has 1 aromatic carbocycles. The third-order valence-electron chi connectivity index (χ3n) is 4.69. The lowest BCUT2D eigenvalue weighted by molar-refractivity contribution is 0.267. The van der Waals surface area contributed by atoms with Crippen LogP contribution in [0.4, 0.5) is 5.69 Å². The Bertz CT molecular complexity index is 473. The number of nitrogens with zero attached hydrogens (tertiary/aromatic N) is 1. The molecule has 0 unspecified atom stereocenters. The highest BCUT2D eigenvalue weighted by molar-refractivity contribution is 5.73. The second kappa shape index (κ2) is 3.16. The fraction of sp³-hybridized carbons (Fsp3) is 0.571. The van der Waals surface area contributed by atoms with E-state index in [1.807, 2.05) is 0 Å². The van der Waals surface area contributed by atoms with Gasteiger partial charge in [0.2, 0.25) is 0 Å². The molecule has 0 amide bonds. The Kier molecular flexibility index (Phi) is 1.82. The van der Waals surface area contributed by atoms with Gasteiger partial charge in [-0.2, -0.15) is 0 Å². The molecule has 3 heterocycles. The molecule has 3 aliphatic rings. The molecule has 0 bridgehead atoms. The number of nitrogens with one attached hydrogen (secondary N) is 1. The molecule has 1 saturated heterocycles. The monoisotopic (exact) mass is 230 g/mol. The smallest absolute Gasteiger partial charge is 0.143 e. The fourth-order valence-electron chi connectivity index (χ4n) is 3.87. The third kappa shape index (κ3) is 1.10. The first kappa shape index (κ1) is 9.77. The molecule has 1 aromatic rings. The summed E-state index contributed by atoms with van der Waals surface area (Å²) in [5.74, 6) is 1.09. The number of anilines is 1. The van der Waals surface area contributed by atoms with Crippen LogP contribution in [-0.4, -0.2) is 32.3 Å². The Morgan fingerprint density at radius 1 is 1.47 bits per heavy atom. The molecule has 0 aromatic heterocycles. The number of ether oxygens (including phenoxy) is 1. The lowest BCUT2D eigenvalue weighted by atomic mass is 9.75. The van der Waals surface area contributed by atoms with Gasteiger partial charge in [0.15, 0.2) is 0 Å². The summed E-state index contributed by atoms with van der Waals surface area (Å²) in [4.78, 5) is 2.59. The van der Waals surface area contributed by atoms with Crippen LogP contribution < -0.4 is 15.0 Å². The van der Waals surface area contributed by atoms with Gasteiger partial charge in [-0.1, -0.05) is 19.1 Å². The zero-order valence-corrected chi connectivity index (χ0v) is 10.2. The van der Waals surface area contributed by atoms with Crippen LogP contribution >= 0.6 is 0 Å². The van der Waals surface area contributed by atoms with Crippen LogP contribution in [-0.2, 0) is 5.41 Å². The Balaban J connectivity index is 1.95. The van der Waals surface area contributed by atoms with Gasteiger partial charge >= 0.3 is 0 Å². The first-order chi connectivity index (χ1) is 8.31. The van der Waals surface area contributed by atoms with E-state index in [-0.39, 0.29) is 5.41 Å². The minimum Gasteiger partial charge on any atom is -0.490 e. The van der Waals surface area contributed by atoms with E-state index in [1.165, 1.54) is 17.7 Å². The highest BCUT2D eigenvalue weighted by atomic mass is 16.5. The zero-order chi connectivity index (χ0) is 11.5. The van der Waals surface area contributed by atoms with Crippen LogP contribution in [0, 0.1) is 0 Å². The number of benzene rings is 1. The van der Waals surface area contributed by atoms with Gasteiger partial charge in [0, 0.05) is 18.0 Å². The average molecular weight is 230 g/mol. The Morgan fingerprint density at radius 3 is 3.35 bits per heavy atom. The molecule has 0 spiro atoms. The van der Waals surface area contributed by atoms with Crippen LogP contribution in [0.5, 0.6) is 5.75 Å². The molecule has 3 nitrogen and oxygen atoms in total. The lowest BCUT2D eigenvalue weighted by Gasteiger charge is -2.41. The molecule has 17 heavy (non-hydrogen) atoms.